The molecule has 4 nitrogen and oxygen atoms in total. The number of imidazole rings is 1. The fourth-order valence-corrected chi connectivity index (χ4v) is 3.86. The molecule has 0 radical (unpaired) electrons. The molecule has 0 aliphatic heterocycles. The van der Waals surface area contributed by atoms with Crippen molar-refractivity contribution >= 4 is 32.9 Å². The van der Waals surface area contributed by atoms with E-state index >= 15 is 0 Å². The van der Waals surface area contributed by atoms with Crippen LogP contribution in [0.15, 0.2) is 77.3 Å². The highest BCUT2D eigenvalue weighted by Crippen LogP contribution is 2.23. The molecule has 1 N–H and O–H groups in total. The van der Waals surface area contributed by atoms with Crippen molar-refractivity contribution in [1.82, 2.24) is 14.9 Å². The van der Waals surface area contributed by atoms with Gasteiger partial charge < -0.3 is 9.88 Å². The Hall–Kier alpha value is -2.92. The topological polar surface area (TPSA) is 46.9 Å². The van der Waals surface area contributed by atoms with E-state index in [-0.39, 0.29) is 11.3 Å². The van der Waals surface area contributed by atoms with Gasteiger partial charge in [0.25, 0.3) is 5.91 Å². The van der Waals surface area contributed by atoms with Crippen LogP contribution in [0.5, 0.6) is 0 Å². The number of rotatable bonds is 5. The summed E-state index contributed by atoms with van der Waals surface area (Å²) in [7, 11) is 0. The standard InChI is InChI=1S/C26H26BrN3O/c1-26(2,3)20-12-8-18(9-13-20)17-30-23-7-5-4-6-22(23)29-24(30)16-28-25(31)19-10-14-21(27)15-11-19/h4-15H,16-17H2,1-3H3,(H,28,31). The van der Waals surface area contributed by atoms with E-state index in [0.717, 1.165) is 21.3 Å². The number of nitrogens with one attached hydrogen (secondary N) is 1. The van der Waals surface area contributed by atoms with E-state index in [0.29, 0.717) is 18.7 Å². The summed E-state index contributed by atoms with van der Waals surface area (Å²) < 4.78 is 3.13. The summed E-state index contributed by atoms with van der Waals surface area (Å²) in [6.45, 7) is 7.73. The molecule has 1 heterocycles. The van der Waals surface area contributed by atoms with Gasteiger partial charge in [-0.05, 0) is 52.9 Å². The van der Waals surface area contributed by atoms with Gasteiger partial charge in [-0.15, -0.1) is 0 Å². The van der Waals surface area contributed by atoms with E-state index in [1.54, 1.807) is 12.1 Å². The summed E-state index contributed by atoms with van der Waals surface area (Å²) in [5.74, 6) is 0.729. The van der Waals surface area contributed by atoms with Gasteiger partial charge >= 0.3 is 0 Å². The molecule has 0 bridgehead atoms. The predicted octanol–water partition coefficient (Wildman–Crippen LogP) is 6.07. The Balaban J connectivity index is 1.58. The zero-order valence-corrected chi connectivity index (χ0v) is 19.6. The minimum atomic E-state index is -0.111. The molecule has 0 saturated carbocycles. The highest BCUT2D eigenvalue weighted by atomic mass is 79.9. The smallest absolute Gasteiger partial charge is 0.251 e. The summed E-state index contributed by atoms with van der Waals surface area (Å²) >= 11 is 3.40. The number of nitrogens with zero attached hydrogens (tertiary/aromatic N) is 2. The van der Waals surface area contributed by atoms with Crippen LogP contribution in [0, 0.1) is 0 Å². The average molecular weight is 476 g/mol. The Kier molecular flexibility index (Phi) is 5.96. The quantitative estimate of drug-likeness (QED) is 0.380. The highest BCUT2D eigenvalue weighted by molar-refractivity contribution is 9.10. The fraction of sp³-hybridized carbons (Fsp3) is 0.231. The van der Waals surface area contributed by atoms with Crippen molar-refractivity contribution in [3.63, 3.8) is 0 Å². The number of hydrogen-bond donors (Lipinski definition) is 1. The van der Waals surface area contributed by atoms with Gasteiger partial charge in [0.15, 0.2) is 0 Å². The summed E-state index contributed by atoms with van der Waals surface area (Å²) in [4.78, 5) is 17.4. The van der Waals surface area contributed by atoms with E-state index < -0.39 is 0 Å². The Morgan fingerprint density at radius 1 is 0.968 bits per heavy atom. The zero-order valence-electron chi connectivity index (χ0n) is 18.0. The van der Waals surface area contributed by atoms with Crippen molar-refractivity contribution < 1.29 is 4.79 Å². The monoisotopic (exact) mass is 475 g/mol. The number of aromatic nitrogens is 2. The van der Waals surface area contributed by atoms with Crippen LogP contribution >= 0.6 is 15.9 Å². The molecule has 0 saturated heterocycles. The van der Waals surface area contributed by atoms with Crippen LogP contribution in [0.4, 0.5) is 0 Å². The number of amides is 1. The lowest BCUT2D eigenvalue weighted by Crippen LogP contribution is -2.24. The zero-order chi connectivity index (χ0) is 22.0. The number of hydrogen-bond acceptors (Lipinski definition) is 2. The summed E-state index contributed by atoms with van der Waals surface area (Å²) in [6.07, 6.45) is 0. The normalized spacial score (nSPS) is 11.6. The Morgan fingerprint density at radius 3 is 2.32 bits per heavy atom. The molecule has 5 heteroatoms. The highest BCUT2D eigenvalue weighted by Gasteiger charge is 2.15. The molecule has 0 aliphatic carbocycles. The van der Waals surface area contributed by atoms with Gasteiger partial charge in [0.05, 0.1) is 17.6 Å². The molecule has 4 aromatic rings. The summed E-state index contributed by atoms with van der Waals surface area (Å²) in [5, 5.41) is 3.01. The Morgan fingerprint density at radius 2 is 1.65 bits per heavy atom. The fourth-order valence-electron chi connectivity index (χ4n) is 3.59. The van der Waals surface area contributed by atoms with E-state index in [1.165, 1.54) is 11.1 Å². The minimum absolute atomic E-state index is 0.111. The maximum absolute atomic E-state index is 12.6. The third kappa shape index (κ3) is 4.88. The van der Waals surface area contributed by atoms with Gasteiger partial charge in [0.2, 0.25) is 0 Å². The molecule has 0 fully saturated rings. The van der Waals surface area contributed by atoms with E-state index in [4.69, 9.17) is 4.98 Å². The van der Waals surface area contributed by atoms with Crippen molar-refractivity contribution in [3.05, 3.63) is 99.8 Å². The second-order valence-electron chi connectivity index (χ2n) is 8.74. The van der Waals surface area contributed by atoms with Gasteiger partial charge in [-0.3, -0.25) is 4.79 Å². The van der Waals surface area contributed by atoms with Gasteiger partial charge in [0, 0.05) is 16.6 Å². The average Bonchev–Trinajstić information content (AvgIpc) is 3.10. The van der Waals surface area contributed by atoms with Crippen LogP contribution in [0.2, 0.25) is 0 Å². The third-order valence-corrected chi connectivity index (χ3v) is 5.94. The number of carbonyl (C=O) groups excluding carboxylic acids is 1. The Labute approximate surface area is 191 Å². The van der Waals surface area contributed by atoms with Crippen LogP contribution in [0.3, 0.4) is 0 Å². The second-order valence-corrected chi connectivity index (χ2v) is 9.66. The molecule has 158 valence electrons. The van der Waals surface area contributed by atoms with Crippen molar-refractivity contribution in [1.29, 1.82) is 0 Å². The van der Waals surface area contributed by atoms with Gasteiger partial charge in [-0.2, -0.15) is 0 Å². The molecule has 1 aromatic heterocycles. The number of benzene rings is 3. The Bertz CT molecular complexity index is 1200. The predicted molar refractivity (Wildman–Crippen MR) is 129 cm³/mol. The maximum Gasteiger partial charge on any atom is 0.251 e. The number of fused-ring (bicyclic) bond motifs is 1. The number of halogens is 1. The first-order valence-electron chi connectivity index (χ1n) is 10.4. The minimum Gasteiger partial charge on any atom is -0.345 e. The van der Waals surface area contributed by atoms with E-state index in [2.05, 4.69) is 76.9 Å². The SMILES string of the molecule is CC(C)(C)c1ccc(Cn2c(CNC(=O)c3ccc(Br)cc3)nc3ccccc32)cc1. The largest absolute Gasteiger partial charge is 0.345 e. The maximum atomic E-state index is 12.6. The van der Waals surface area contributed by atoms with Crippen molar-refractivity contribution in [3.8, 4) is 0 Å². The van der Waals surface area contributed by atoms with Crippen LogP contribution in [-0.4, -0.2) is 15.5 Å². The molecule has 1 amide bonds. The summed E-state index contributed by atoms with van der Waals surface area (Å²) in [5.41, 5.74) is 5.27. The van der Waals surface area contributed by atoms with Crippen LogP contribution in [0.25, 0.3) is 11.0 Å². The lowest BCUT2D eigenvalue weighted by molar-refractivity contribution is 0.0949. The van der Waals surface area contributed by atoms with E-state index in [1.807, 2.05) is 30.3 Å². The molecule has 0 unspecified atom stereocenters. The van der Waals surface area contributed by atoms with Gasteiger partial charge in [-0.1, -0.05) is 73.1 Å². The molecular formula is C26H26BrN3O. The first kappa shape index (κ1) is 21.3. The van der Waals surface area contributed by atoms with Gasteiger partial charge in [0.1, 0.15) is 5.82 Å². The van der Waals surface area contributed by atoms with Crippen molar-refractivity contribution in [2.75, 3.05) is 0 Å². The number of carbonyl (C=O) groups is 1. The number of para-hydroxylation sites is 2. The lowest BCUT2D eigenvalue weighted by atomic mass is 9.87. The summed E-state index contributed by atoms with van der Waals surface area (Å²) in [6, 6.07) is 24.2. The molecule has 0 atom stereocenters. The van der Waals surface area contributed by atoms with Crippen LogP contribution in [0.1, 0.15) is 48.1 Å². The van der Waals surface area contributed by atoms with Gasteiger partial charge in [-0.25, -0.2) is 4.98 Å². The molecule has 3 aromatic carbocycles. The van der Waals surface area contributed by atoms with Crippen LogP contribution < -0.4 is 5.32 Å². The van der Waals surface area contributed by atoms with Crippen molar-refractivity contribution in [2.24, 2.45) is 0 Å². The molecule has 0 spiro atoms. The van der Waals surface area contributed by atoms with Crippen LogP contribution in [-0.2, 0) is 18.5 Å². The lowest BCUT2D eigenvalue weighted by Gasteiger charge is -2.19. The molecule has 4 rings (SSSR count). The first-order chi connectivity index (χ1) is 14.8. The first-order valence-corrected chi connectivity index (χ1v) is 11.2. The molecule has 0 aliphatic rings. The third-order valence-electron chi connectivity index (χ3n) is 5.41. The molecule has 31 heavy (non-hydrogen) atoms. The second kappa shape index (κ2) is 8.67. The van der Waals surface area contributed by atoms with Crippen molar-refractivity contribution in [2.45, 2.75) is 39.3 Å². The molecular weight excluding hydrogens is 450 g/mol. The van der Waals surface area contributed by atoms with E-state index in [9.17, 15) is 4.79 Å².